The van der Waals surface area contributed by atoms with E-state index in [0.29, 0.717) is 37.0 Å². The molecule has 1 amide bonds. The van der Waals surface area contributed by atoms with Gasteiger partial charge in [-0.15, -0.1) is 0 Å². The van der Waals surface area contributed by atoms with E-state index in [1.807, 2.05) is 13.8 Å². The second-order valence-corrected chi connectivity index (χ2v) is 9.78. The van der Waals surface area contributed by atoms with Gasteiger partial charge in [-0.2, -0.15) is 4.31 Å². The van der Waals surface area contributed by atoms with Gasteiger partial charge >= 0.3 is 0 Å². The molecule has 0 spiro atoms. The van der Waals surface area contributed by atoms with Gasteiger partial charge in [-0.3, -0.25) is 4.79 Å². The molecular formula is C18H29N3O3S. The highest BCUT2D eigenvalue weighted by molar-refractivity contribution is 7.89. The number of nitrogens with two attached hydrogens (primary N) is 1. The highest BCUT2D eigenvalue weighted by Gasteiger charge is 2.32. The summed E-state index contributed by atoms with van der Waals surface area (Å²) in [6.45, 7) is 9.10. The third-order valence-electron chi connectivity index (χ3n) is 4.53. The van der Waals surface area contributed by atoms with Crippen LogP contribution in [0.4, 0.5) is 0 Å². The molecule has 1 saturated heterocycles. The highest BCUT2D eigenvalue weighted by Crippen LogP contribution is 2.27. The summed E-state index contributed by atoms with van der Waals surface area (Å²) in [6, 6.07) is 6.21. The first kappa shape index (κ1) is 19.9. The molecule has 2 rings (SSSR count). The number of rotatable bonds is 5. The molecule has 1 aliphatic heterocycles. The first-order chi connectivity index (χ1) is 11.5. The van der Waals surface area contributed by atoms with Gasteiger partial charge in [0, 0.05) is 30.7 Å². The Bertz CT molecular complexity index is 721. The van der Waals surface area contributed by atoms with E-state index >= 15 is 0 Å². The standard InChI is InChI=1S/C18H29N3O3S/c1-13-8-14(2)11-21(10-13)25(23,24)16-7-5-6-15(9-16)17(22)20-18(3,4)12-19/h5-7,9,13-14H,8,10-12,19H2,1-4H3,(H,20,22). The Morgan fingerprint density at radius 1 is 1.28 bits per heavy atom. The fraction of sp³-hybridized carbons (Fsp3) is 0.611. The molecule has 0 aliphatic carbocycles. The van der Waals surface area contributed by atoms with Crippen LogP contribution in [0.15, 0.2) is 29.2 Å². The van der Waals surface area contributed by atoms with Crippen molar-refractivity contribution in [2.75, 3.05) is 19.6 Å². The minimum Gasteiger partial charge on any atom is -0.346 e. The van der Waals surface area contributed by atoms with Crippen molar-refractivity contribution >= 4 is 15.9 Å². The summed E-state index contributed by atoms with van der Waals surface area (Å²) in [7, 11) is -3.60. The molecule has 2 atom stereocenters. The summed E-state index contributed by atoms with van der Waals surface area (Å²) in [5, 5.41) is 2.82. The van der Waals surface area contributed by atoms with E-state index in [1.165, 1.54) is 10.4 Å². The Morgan fingerprint density at radius 3 is 2.44 bits per heavy atom. The Kier molecular flexibility index (Phi) is 5.91. The van der Waals surface area contributed by atoms with Crippen molar-refractivity contribution in [3.8, 4) is 0 Å². The molecule has 2 unspecified atom stereocenters. The third kappa shape index (κ3) is 4.80. The van der Waals surface area contributed by atoms with E-state index in [4.69, 9.17) is 5.73 Å². The van der Waals surface area contributed by atoms with Crippen LogP contribution in [0.25, 0.3) is 0 Å². The molecule has 0 saturated carbocycles. The highest BCUT2D eigenvalue weighted by atomic mass is 32.2. The van der Waals surface area contributed by atoms with Crippen LogP contribution in [0.3, 0.4) is 0 Å². The smallest absolute Gasteiger partial charge is 0.251 e. The molecule has 1 aliphatic rings. The summed E-state index contributed by atoms with van der Waals surface area (Å²) in [5.74, 6) is 0.332. The molecule has 0 bridgehead atoms. The van der Waals surface area contributed by atoms with E-state index in [1.54, 1.807) is 18.2 Å². The van der Waals surface area contributed by atoms with Crippen molar-refractivity contribution in [1.82, 2.24) is 9.62 Å². The van der Waals surface area contributed by atoms with Crippen LogP contribution in [0.5, 0.6) is 0 Å². The monoisotopic (exact) mass is 367 g/mol. The van der Waals surface area contributed by atoms with Crippen molar-refractivity contribution in [3.63, 3.8) is 0 Å². The molecule has 0 aromatic heterocycles. The Balaban J connectivity index is 2.27. The average Bonchev–Trinajstić information content (AvgIpc) is 2.53. The average molecular weight is 368 g/mol. The number of hydrogen-bond donors (Lipinski definition) is 2. The molecular weight excluding hydrogens is 338 g/mol. The van der Waals surface area contributed by atoms with Gasteiger partial charge < -0.3 is 11.1 Å². The maximum atomic E-state index is 13.0. The van der Waals surface area contributed by atoms with Crippen LogP contribution in [-0.4, -0.2) is 43.8 Å². The van der Waals surface area contributed by atoms with Gasteiger partial charge in [0.2, 0.25) is 10.0 Å². The second-order valence-electron chi connectivity index (χ2n) is 7.84. The molecule has 3 N–H and O–H groups in total. The summed E-state index contributed by atoms with van der Waals surface area (Å²) < 4.78 is 27.5. The Labute approximate surface area is 150 Å². The number of nitrogens with zero attached hydrogens (tertiary/aromatic N) is 1. The number of carbonyl (C=O) groups is 1. The number of nitrogens with one attached hydrogen (secondary N) is 1. The van der Waals surface area contributed by atoms with E-state index in [9.17, 15) is 13.2 Å². The third-order valence-corrected chi connectivity index (χ3v) is 6.36. The van der Waals surface area contributed by atoms with Crippen LogP contribution in [-0.2, 0) is 10.0 Å². The minimum absolute atomic E-state index is 0.159. The van der Waals surface area contributed by atoms with Crippen molar-refractivity contribution in [1.29, 1.82) is 0 Å². The van der Waals surface area contributed by atoms with Gasteiger partial charge in [0.1, 0.15) is 0 Å². The molecule has 6 nitrogen and oxygen atoms in total. The number of piperidine rings is 1. The number of benzene rings is 1. The molecule has 7 heteroatoms. The molecule has 1 aromatic rings. The molecule has 1 heterocycles. The fourth-order valence-electron chi connectivity index (χ4n) is 3.18. The predicted molar refractivity (Wildman–Crippen MR) is 98.7 cm³/mol. The number of hydrogen-bond acceptors (Lipinski definition) is 4. The number of sulfonamides is 1. The van der Waals surface area contributed by atoms with Crippen molar-refractivity contribution in [2.24, 2.45) is 17.6 Å². The van der Waals surface area contributed by atoms with Gasteiger partial charge in [0.15, 0.2) is 0 Å². The topological polar surface area (TPSA) is 92.5 Å². The molecule has 140 valence electrons. The maximum Gasteiger partial charge on any atom is 0.251 e. The summed E-state index contributed by atoms with van der Waals surface area (Å²) in [5.41, 5.74) is 5.41. The number of carbonyl (C=O) groups excluding carboxylic acids is 1. The zero-order valence-electron chi connectivity index (χ0n) is 15.5. The number of amides is 1. The lowest BCUT2D eigenvalue weighted by Gasteiger charge is -2.34. The van der Waals surface area contributed by atoms with Gasteiger partial charge in [-0.1, -0.05) is 19.9 Å². The normalized spacial score (nSPS) is 22.6. The second kappa shape index (κ2) is 7.43. The zero-order chi connectivity index (χ0) is 18.8. The summed E-state index contributed by atoms with van der Waals surface area (Å²) in [6.07, 6.45) is 1.03. The van der Waals surface area contributed by atoms with E-state index in [-0.39, 0.29) is 10.8 Å². The SMILES string of the molecule is CC1CC(C)CN(S(=O)(=O)c2cccc(C(=O)NC(C)(C)CN)c2)C1. The first-order valence-electron chi connectivity index (χ1n) is 8.68. The van der Waals surface area contributed by atoms with E-state index in [2.05, 4.69) is 19.2 Å². The largest absolute Gasteiger partial charge is 0.346 e. The van der Waals surface area contributed by atoms with Gasteiger partial charge in [0.25, 0.3) is 5.91 Å². The summed E-state index contributed by atoms with van der Waals surface area (Å²) >= 11 is 0. The van der Waals surface area contributed by atoms with E-state index in [0.717, 1.165) is 6.42 Å². The Morgan fingerprint density at radius 2 is 1.88 bits per heavy atom. The van der Waals surface area contributed by atoms with Crippen molar-refractivity contribution < 1.29 is 13.2 Å². The molecule has 0 radical (unpaired) electrons. The maximum absolute atomic E-state index is 13.0. The summed E-state index contributed by atoms with van der Waals surface area (Å²) in [4.78, 5) is 12.6. The molecule has 1 fully saturated rings. The van der Waals surface area contributed by atoms with Crippen LogP contribution < -0.4 is 11.1 Å². The first-order valence-corrected chi connectivity index (χ1v) is 10.1. The van der Waals surface area contributed by atoms with Gasteiger partial charge in [-0.25, -0.2) is 8.42 Å². The quantitative estimate of drug-likeness (QED) is 0.830. The van der Waals surface area contributed by atoms with Gasteiger partial charge in [-0.05, 0) is 50.3 Å². The van der Waals surface area contributed by atoms with Crippen LogP contribution in [0.1, 0.15) is 44.5 Å². The van der Waals surface area contributed by atoms with E-state index < -0.39 is 15.6 Å². The Hall–Kier alpha value is -1.44. The van der Waals surface area contributed by atoms with Crippen LogP contribution in [0, 0.1) is 11.8 Å². The lowest BCUT2D eigenvalue weighted by molar-refractivity contribution is 0.0915. The molecule has 1 aromatic carbocycles. The minimum atomic E-state index is -3.60. The fourth-order valence-corrected chi connectivity index (χ4v) is 4.91. The van der Waals surface area contributed by atoms with Crippen molar-refractivity contribution in [3.05, 3.63) is 29.8 Å². The van der Waals surface area contributed by atoms with Crippen LogP contribution >= 0.6 is 0 Å². The van der Waals surface area contributed by atoms with Crippen LogP contribution in [0.2, 0.25) is 0 Å². The lowest BCUT2D eigenvalue weighted by atomic mass is 9.94. The lowest BCUT2D eigenvalue weighted by Crippen LogP contribution is -2.48. The molecule has 25 heavy (non-hydrogen) atoms. The van der Waals surface area contributed by atoms with Crippen molar-refractivity contribution in [2.45, 2.75) is 44.6 Å². The predicted octanol–water partition coefficient (Wildman–Crippen LogP) is 1.82. The van der Waals surface area contributed by atoms with Gasteiger partial charge in [0.05, 0.1) is 4.90 Å². The zero-order valence-corrected chi connectivity index (χ0v) is 16.3.